The molecule has 1 aliphatic carbocycles. The zero-order chi connectivity index (χ0) is 11.7. The molecule has 0 spiro atoms. The predicted molar refractivity (Wildman–Crippen MR) is 60.0 cm³/mol. The van der Waals surface area contributed by atoms with Crippen molar-refractivity contribution >= 4 is 0 Å². The zero-order valence-electron chi connectivity index (χ0n) is 9.74. The molecule has 0 atom stereocenters. The molecule has 7 nitrogen and oxygen atoms in total. The van der Waals surface area contributed by atoms with Crippen molar-refractivity contribution in [3.63, 3.8) is 0 Å². The van der Waals surface area contributed by atoms with E-state index in [4.69, 9.17) is 0 Å². The Hall–Kier alpha value is -1.76. The summed E-state index contributed by atoms with van der Waals surface area (Å²) < 4.78 is 1.91. The number of nitrogens with one attached hydrogen (secondary N) is 1. The van der Waals surface area contributed by atoms with Crippen LogP contribution in [-0.2, 0) is 20.1 Å². The molecular formula is C10H15N7. The van der Waals surface area contributed by atoms with Crippen LogP contribution in [0.5, 0.6) is 0 Å². The van der Waals surface area contributed by atoms with Crippen molar-refractivity contribution in [1.82, 2.24) is 35.3 Å². The Morgan fingerprint density at radius 1 is 1.47 bits per heavy atom. The molecule has 17 heavy (non-hydrogen) atoms. The Morgan fingerprint density at radius 2 is 2.35 bits per heavy atom. The van der Waals surface area contributed by atoms with Crippen LogP contribution in [0.1, 0.15) is 24.4 Å². The van der Waals surface area contributed by atoms with Gasteiger partial charge in [-0.25, -0.2) is 0 Å². The number of aryl methyl sites for hydroxylation is 1. The van der Waals surface area contributed by atoms with Crippen LogP contribution in [-0.4, -0.2) is 36.0 Å². The van der Waals surface area contributed by atoms with Gasteiger partial charge < -0.3 is 5.32 Å². The van der Waals surface area contributed by atoms with E-state index in [-0.39, 0.29) is 0 Å². The number of nitrogens with zero attached hydrogens (tertiary/aromatic N) is 6. The second-order valence-electron chi connectivity index (χ2n) is 4.33. The third-order valence-electron chi connectivity index (χ3n) is 2.79. The molecule has 2 aromatic heterocycles. The van der Waals surface area contributed by atoms with Crippen molar-refractivity contribution in [2.45, 2.75) is 32.0 Å². The Balaban J connectivity index is 1.67. The second-order valence-corrected chi connectivity index (χ2v) is 4.33. The maximum Gasteiger partial charge on any atom is 0.196 e. The highest BCUT2D eigenvalue weighted by molar-refractivity contribution is 5.02. The first-order chi connectivity index (χ1) is 8.31. The quantitative estimate of drug-likeness (QED) is 0.768. The summed E-state index contributed by atoms with van der Waals surface area (Å²) in [7, 11) is 1.76. The minimum absolute atomic E-state index is 0.572. The minimum Gasteiger partial charge on any atom is -0.308 e. The molecule has 0 radical (unpaired) electrons. The number of hydrogen-bond donors (Lipinski definition) is 1. The van der Waals surface area contributed by atoms with Crippen LogP contribution in [0.4, 0.5) is 0 Å². The first-order valence-electron chi connectivity index (χ1n) is 5.78. The summed E-state index contributed by atoms with van der Waals surface area (Å²) in [6.45, 7) is 1.42. The topological polar surface area (TPSA) is 73.5 Å². The summed E-state index contributed by atoms with van der Waals surface area (Å²) in [5.41, 5.74) is 1.16. The molecule has 1 fully saturated rings. The van der Waals surface area contributed by atoms with Gasteiger partial charge in [-0.3, -0.25) is 4.68 Å². The van der Waals surface area contributed by atoms with E-state index in [0.29, 0.717) is 18.4 Å². The Labute approximate surface area is 98.8 Å². The highest BCUT2D eigenvalue weighted by atomic mass is 15.6. The van der Waals surface area contributed by atoms with Crippen LogP contribution in [0.2, 0.25) is 0 Å². The molecular weight excluding hydrogens is 218 g/mol. The molecule has 0 saturated heterocycles. The average molecular weight is 233 g/mol. The Kier molecular flexibility index (Phi) is 2.60. The van der Waals surface area contributed by atoms with Crippen molar-refractivity contribution in [1.29, 1.82) is 0 Å². The van der Waals surface area contributed by atoms with E-state index in [9.17, 15) is 0 Å². The number of rotatable bonds is 5. The molecule has 1 N–H and O–H groups in total. The van der Waals surface area contributed by atoms with Gasteiger partial charge in [0, 0.05) is 18.8 Å². The van der Waals surface area contributed by atoms with E-state index >= 15 is 0 Å². The molecule has 0 aromatic carbocycles. The van der Waals surface area contributed by atoms with Gasteiger partial charge in [-0.15, -0.1) is 10.2 Å². The van der Waals surface area contributed by atoms with Gasteiger partial charge in [-0.05, 0) is 24.1 Å². The number of aromatic nitrogens is 6. The molecule has 1 saturated carbocycles. The third-order valence-corrected chi connectivity index (χ3v) is 2.79. The molecule has 2 heterocycles. The summed E-state index contributed by atoms with van der Waals surface area (Å²) in [5, 5.41) is 19.7. The lowest BCUT2D eigenvalue weighted by Gasteiger charge is -2.05. The molecule has 3 rings (SSSR count). The molecule has 90 valence electrons. The Bertz CT molecular complexity index is 496. The van der Waals surface area contributed by atoms with Crippen molar-refractivity contribution in [3.05, 3.63) is 23.8 Å². The first kappa shape index (κ1) is 10.4. The van der Waals surface area contributed by atoms with E-state index < -0.39 is 0 Å². The normalized spacial score (nSPS) is 15.4. The van der Waals surface area contributed by atoms with Gasteiger partial charge >= 0.3 is 0 Å². The van der Waals surface area contributed by atoms with E-state index in [1.807, 2.05) is 10.7 Å². The van der Waals surface area contributed by atoms with Gasteiger partial charge in [-0.2, -0.15) is 9.90 Å². The Morgan fingerprint density at radius 3 is 3.06 bits per heavy atom. The fraction of sp³-hybridized carbons (Fsp3) is 0.600. The maximum atomic E-state index is 4.28. The van der Waals surface area contributed by atoms with E-state index in [1.54, 1.807) is 13.2 Å². The summed E-state index contributed by atoms with van der Waals surface area (Å²) in [6, 6.07) is 2.72. The fourth-order valence-electron chi connectivity index (χ4n) is 1.71. The zero-order valence-corrected chi connectivity index (χ0v) is 9.74. The van der Waals surface area contributed by atoms with E-state index in [0.717, 1.165) is 12.2 Å². The highest BCUT2D eigenvalue weighted by Gasteiger charge is 2.20. The molecule has 1 aliphatic rings. The predicted octanol–water partition coefficient (Wildman–Crippen LogP) is -0.293. The molecule has 7 heteroatoms. The molecule has 0 bridgehead atoms. The first-order valence-corrected chi connectivity index (χ1v) is 5.78. The van der Waals surface area contributed by atoms with Gasteiger partial charge in [0.1, 0.15) is 6.54 Å². The van der Waals surface area contributed by atoms with Crippen LogP contribution in [0.15, 0.2) is 12.3 Å². The van der Waals surface area contributed by atoms with Gasteiger partial charge in [0.15, 0.2) is 5.82 Å². The largest absolute Gasteiger partial charge is 0.308 e. The second kappa shape index (κ2) is 4.25. The van der Waals surface area contributed by atoms with Crippen LogP contribution in [0.25, 0.3) is 0 Å². The van der Waals surface area contributed by atoms with Crippen LogP contribution in [0, 0.1) is 0 Å². The van der Waals surface area contributed by atoms with Gasteiger partial charge in [0.2, 0.25) is 0 Å². The lowest BCUT2D eigenvalue weighted by molar-refractivity contribution is 0.576. The van der Waals surface area contributed by atoms with Gasteiger partial charge in [0.05, 0.1) is 12.7 Å². The maximum absolute atomic E-state index is 4.28. The van der Waals surface area contributed by atoms with Gasteiger partial charge in [0.25, 0.3) is 0 Å². The van der Waals surface area contributed by atoms with E-state index in [2.05, 4.69) is 25.8 Å². The highest BCUT2D eigenvalue weighted by Crippen LogP contribution is 2.19. The SMILES string of the molecule is Cn1nnc(Cn2nccc2CNC2CC2)n1. The molecule has 2 aromatic rings. The summed E-state index contributed by atoms with van der Waals surface area (Å²) >= 11 is 0. The standard InChI is InChI=1S/C10H15N7/c1-16-14-10(13-15-16)7-17-9(4-5-12-17)6-11-8-2-3-8/h4-5,8,11H,2-3,6-7H2,1H3. The average Bonchev–Trinajstić information content (AvgIpc) is 2.90. The van der Waals surface area contributed by atoms with E-state index in [1.165, 1.54) is 17.6 Å². The van der Waals surface area contributed by atoms with Crippen molar-refractivity contribution in [2.75, 3.05) is 0 Å². The van der Waals surface area contributed by atoms with Crippen molar-refractivity contribution in [2.24, 2.45) is 7.05 Å². The van der Waals surface area contributed by atoms with Crippen molar-refractivity contribution in [3.8, 4) is 0 Å². The van der Waals surface area contributed by atoms with Crippen LogP contribution >= 0.6 is 0 Å². The minimum atomic E-state index is 0.572. The van der Waals surface area contributed by atoms with Crippen LogP contribution in [0.3, 0.4) is 0 Å². The lowest BCUT2D eigenvalue weighted by atomic mass is 10.4. The molecule has 0 amide bonds. The van der Waals surface area contributed by atoms with Crippen molar-refractivity contribution < 1.29 is 0 Å². The number of tetrazole rings is 1. The monoisotopic (exact) mass is 233 g/mol. The third kappa shape index (κ3) is 2.50. The summed E-state index contributed by atoms with van der Waals surface area (Å²) in [6.07, 6.45) is 4.39. The molecule has 0 aliphatic heterocycles. The number of hydrogen-bond acceptors (Lipinski definition) is 5. The lowest BCUT2D eigenvalue weighted by Crippen LogP contribution is -2.19. The van der Waals surface area contributed by atoms with Gasteiger partial charge in [-0.1, -0.05) is 0 Å². The smallest absolute Gasteiger partial charge is 0.196 e. The van der Waals surface area contributed by atoms with Crippen LogP contribution < -0.4 is 5.32 Å². The summed E-state index contributed by atoms with van der Waals surface area (Å²) in [4.78, 5) is 1.46. The fourth-order valence-corrected chi connectivity index (χ4v) is 1.71. The molecule has 0 unspecified atom stereocenters. The summed E-state index contributed by atoms with van der Waals surface area (Å²) in [5.74, 6) is 0.684.